The molecule has 1 amide bonds. The largest absolute Gasteiger partial charge is 0.351 e. The number of sulfonamides is 1. The van der Waals surface area contributed by atoms with Gasteiger partial charge in [-0.2, -0.15) is 4.31 Å². The van der Waals surface area contributed by atoms with Crippen molar-refractivity contribution in [1.29, 1.82) is 0 Å². The van der Waals surface area contributed by atoms with Gasteiger partial charge in [0.25, 0.3) is 5.91 Å². The molecule has 3 heterocycles. The van der Waals surface area contributed by atoms with Crippen molar-refractivity contribution in [3.63, 3.8) is 0 Å². The molecule has 0 radical (unpaired) electrons. The summed E-state index contributed by atoms with van der Waals surface area (Å²) in [5.41, 5.74) is 0. The minimum absolute atomic E-state index is 0.0598. The van der Waals surface area contributed by atoms with Crippen LogP contribution in [0.25, 0.3) is 0 Å². The van der Waals surface area contributed by atoms with Crippen LogP contribution in [-0.4, -0.2) is 43.2 Å². The van der Waals surface area contributed by atoms with Crippen LogP contribution >= 0.6 is 11.3 Å². The lowest BCUT2D eigenvalue weighted by Crippen LogP contribution is -2.41. The Morgan fingerprint density at radius 1 is 1.29 bits per heavy atom. The molecule has 8 heteroatoms. The van der Waals surface area contributed by atoms with E-state index in [0.29, 0.717) is 30.4 Å². The van der Waals surface area contributed by atoms with Crippen LogP contribution in [0.2, 0.25) is 0 Å². The Morgan fingerprint density at radius 2 is 2.08 bits per heavy atom. The summed E-state index contributed by atoms with van der Waals surface area (Å²) in [5.74, 6) is 0.240. The highest BCUT2D eigenvalue weighted by molar-refractivity contribution is 7.89. The molecule has 0 bridgehead atoms. The van der Waals surface area contributed by atoms with Crippen LogP contribution in [0, 0.1) is 5.92 Å². The van der Waals surface area contributed by atoms with Crippen LogP contribution in [0.15, 0.2) is 46.9 Å². The van der Waals surface area contributed by atoms with Crippen LogP contribution in [-0.2, 0) is 10.0 Å². The number of piperidine rings is 1. The van der Waals surface area contributed by atoms with Gasteiger partial charge in [0.1, 0.15) is 4.90 Å². The van der Waals surface area contributed by atoms with Crippen molar-refractivity contribution in [2.45, 2.75) is 17.7 Å². The smallest absolute Gasteiger partial charge is 0.261 e. The van der Waals surface area contributed by atoms with Crippen molar-refractivity contribution in [2.24, 2.45) is 5.92 Å². The first-order chi connectivity index (χ1) is 11.6. The summed E-state index contributed by atoms with van der Waals surface area (Å²) in [6.45, 7) is 1.52. The summed E-state index contributed by atoms with van der Waals surface area (Å²) < 4.78 is 26.6. The fraction of sp³-hybridized carbons (Fsp3) is 0.375. The molecule has 1 aliphatic rings. The lowest BCUT2D eigenvalue weighted by molar-refractivity contribution is 0.0945. The number of thiophene rings is 1. The summed E-state index contributed by atoms with van der Waals surface area (Å²) >= 11 is 1.41. The number of aromatic nitrogens is 1. The lowest BCUT2D eigenvalue weighted by Gasteiger charge is -2.31. The van der Waals surface area contributed by atoms with Gasteiger partial charge in [-0.05, 0) is 42.3 Å². The molecule has 6 nitrogen and oxygen atoms in total. The summed E-state index contributed by atoms with van der Waals surface area (Å²) in [6, 6.07) is 6.83. The molecule has 0 spiro atoms. The Balaban J connectivity index is 1.52. The third-order valence-electron chi connectivity index (χ3n) is 4.14. The molecule has 1 saturated heterocycles. The van der Waals surface area contributed by atoms with E-state index < -0.39 is 10.0 Å². The van der Waals surface area contributed by atoms with Crippen LogP contribution in [0.1, 0.15) is 22.5 Å². The van der Waals surface area contributed by atoms with Gasteiger partial charge in [-0.3, -0.25) is 9.78 Å². The normalized spacial score (nSPS) is 16.8. The predicted molar refractivity (Wildman–Crippen MR) is 92.4 cm³/mol. The van der Waals surface area contributed by atoms with E-state index >= 15 is 0 Å². The van der Waals surface area contributed by atoms with Crippen molar-refractivity contribution in [1.82, 2.24) is 14.6 Å². The number of carbonyl (C=O) groups is 1. The third-order valence-corrected chi connectivity index (χ3v) is 6.89. The second kappa shape index (κ2) is 7.42. The Hall–Kier alpha value is -1.77. The molecular formula is C16H19N3O3S2. The molecule has 0 aliphatic carbocycles. The standard InChI is InChI=1S/C16H19N3O3S2/c20-16(15-4-2-10-23-15)18-11-13-5-8-19(9-6-13)24(21,22)14-3-1-7-17-12-14/h1-4,7,10,12-13H,5-6,8-9,11H2,(H,18,20). The molecule has 0 unspecified atom stereocenters. The number of carbonyl (C=O) groups excluding carboxylic acids is 1. The number of nitrogens with zero attached hydrogens (tertiary/aromatic N) is 2. The highest BCUT2D eigenvalue weighted by Crippen LogP contribution is 2.23. The number of hydrogen-bond acceptors (Lipinski definition) is 5. The highest BCUT2D eigenvalue weighted by atomic mass is 32.2. The first kappa shape index (κ1) is 17.1. The number of rotatable bonds is 5. The van der Waals surface area contributed by atoms with Crippen molar-refractivity contribution in [3.8, 4) is 0 Å². The van der Waals surface area contributed by atoms with E-state index in [1.165, 1.54) is 21.8 Å². The Labute approximate surface area is 145 Å². The van der Waals surface area contributed by atoms with Crippen LogP contribution < -0.4 is 5.32 Å². The molecule has 0 atom stereocenters. The van der Waals surface area contributed by atoms with Gasteiger partial charge < -0.3 is 5.32 Å². The second-order valence-corrected chi connectivity index (χ2v) is 8.61. The van der Waals surface area contributed by atoms with Gasteiger partial charge in [0.05, 0.1) is 4.88 Å². The van der Waals surface area contributed by atoms with Crippen molar-refractivity contribution >= 4 is 27.3 Å². The maximum atomic E-state index is 12.5. The van der Waals surface area contributed by atoms with Crippen LogP contribution in [0.3, 0.4) is 0 Å². The zero-order valence-corrected chi connectivity index (χ0v) is 14.7. The first-order valence-electron chi connectivity index (χ1n) is 7.79. The van der Waals surface area contributed by atoms with Gasteiger partial charge in [-0.1, -0.05) is 6.07 Å². The van der Waals surface area contributed by atoms with E-state index in [4.69, 9.17) is 0 Å². The fourth-order valence-electron chi connectivity index (χ4n) is 2.73. The Morgan fingerprint density at radius 3 is 2.71 bits per heavy atom. The highest BCUT2D eigenvalue weighted by Gasteiger charge is 2.29. The molecule has 3 rings (SSSR count). The summed E-state index contributed by atoms with van der Waals surface area (Å²) in [7, 11) is -3.47. The third kappa shape index (κ3) is 3.82. The fourth-order valence-corrected chi connectivity index (χ4v) is 4.81. The van der Waals surface area contributed by atoms with E-state index in [9.17, 15) is 13.2 Å². The number of hydrogen-bond donors (Lipinski definition) is 1. The number of nitrogens with one attached hydrogen (secondary N) is 1. The predicted octanol–water partition coefficient (Wildman–Crippen LogP) is 1.97. The van der Waals surface area contributed by atoms with Gasteiger partial charge >= 0.3 is 0 Å². The molecule has 1 N–H and O–H groups in total. The molecule has 24 heavy (non-hydrogen) atoms. The number of amides is 1. The van der Waals surface area contributed by atoms with Crippen LogP contribution in [0.4, 0.5) is 0 Å². The second-order valence-electron chi connectivity index (χ2n) is 5.72. The topological polar surface area (TPSA) is 79.4 Å². The summed E-state index contributed by atoms with van der Waals surface area (Å²) in [6.07, 6.45) is 4.42. The first-order valence-corrected chi connectivity index (χ1v) is 10.1. The maximum Gasteiger partial charge on any atom is 0.261 e. The number of pyridine rings is 1. The molecule has 0 saturated carbocycles. The van der Waals surface area contributed by atoms with Gasteiger partial charge in [-0.25, -0.2) is 8.42 Å². The van der Waals surface area contributed by atoms with E-state index in [-0.39, 0.29) is 10.8 Å². The van der Waals surface area contributed by atoms with Gasteiger partial charge in [0, 0.05) is 32.0 Å². The van der Waals surface area contributed by atoms with Crippen molar-refractivity contribution in [3.05, 3.63) is 46.9 Å². The average Bonchev–Trinajstić information content (AvgIpc) is 3.15. The molecule has 1 fully saturated rings. The van der Waals surface area contributed by atoms with Gasteiger partial charge in [0.2, 0.25) is 10.0 Å². The zero-order chi connectivity index (χ0) is 17.0. The molecular weight excluding hydrogens is 346 g/mol. The quantitative estimate of drug-likeness (QED) is 0.879. The SMILES string of the molecule is O=C(NCC1CCN(S(=O)(=O)c2cccnc2)CC1)c1cccs1. The molecule has 2 aromatic rings. The molecule has 2 aromatic heterocycles. The average molecular weight is 365 g/mol. The van der Waals surface area contributed by atoms with Gasteiger partial charge in [0.15, 0.2) is 0 Å². The summed E-state index contributed by atoms with van der Waals surface area (Å²) in [4.78, 5) is 16.8. The maximum absolute atomic E-state index is 12.5. The van der Waals surface area contributed by atoms with E-state index in [2.05, 4.69) is 10.3 Å². The minimum Gasteiger partial charge on any atom is -0.351 e. The van der Waals surface area contributed by atoms with Gasteiger partial charge in [-0.15, -0.1) is 11.3 Å². The Kier molecular flexibility index (Phi) is 5.27. The summed E-state index contributed by atoms with van der Waals surface area (Å²) in [5, 5.41) is 4.81. The monoisotopic (exact) mass is 365 g/mol. The lowest BCUT2D eigenvalue weighted by atomic mass is 9.98. The van der Waals surface area contributed by atoms with Crippen molar-refractivity contribution in [2.75, 3.05) is 19.6 Å². The van der Waals surface area contributed by atoms with E-state index in [1.54, 1.807) is 24.4 Å². The van der Waals surface area contributed by atoms with Crippen LogP contribution in [0.5, 0.6) is 0 Å². The molecule has 128 valence electrons. The molecule has 0 aromatic carbocycles. The molecule has 1 aliphatic heterocycles. The van der Waals surface area contributed by atoms with E-state index in [1.807, 2.05) is 11.4 Å². The van der Waals surface area contributed by atoms with Crippen molar-refractivity contribution < 1.29 is 13.2 Å². The zero-order valence-electron chi connectivity index (χ0n) is 13.1. The Bertz CT molecular complexity index is 768. The van der Waals surface area contributed by atoms with E-state index in [0.717, 1.165) is 12.8 Å². The minimum atomic E-state index is -3.47.